The monoisotopic (exact) mass is 281 g/mol. The Balaban J connectivity index is 1.65. The van der Waals surface area contributed by atoms with Gasteiger partial charge in [0.1, 0.15) is 5.75 Å². The molecule has 0 amide bonds. The van der Waals surface area contributed by atoms with E-state index < -0.39 is 0 Å². The van der Waals surface area contributed by atoms with E-state index in [4.69, 9.17) is 4.74 Å². The van der Waals surface area contributed by atoms with Gasteiger partial charge in [-0.15, -0.1) is 0 Å². The number of hydrogen-bond acceptors (Lipinski definition) is 2. The molecular weight excluding hydrogens is 258 g/mol. The van der Waals surface area contributed by atoms with Crippen molar-refractivity contribution in [1.29, 1.82) is 0 Å². The SMILES string of the molecule is COc1ccc(C)cc1CCC1CCc2ccccc2N1. The molecule has 0 spiro atoms. The minimum Gasteiger partial charge on any atom is -0.496 e. The van der Waals surface area contributed by atoms with Gasteiger partial charge >= 0.3 is 0 Å². The van der Waals surface area contributed by atoms with E-state index in [2.05, 4.69) is 54.7 Å². The lowest BCUT2D eigenvalue weighted by Gasteiger charge is -2.27. The van der Waals surface area contributed by atoms with E-state index in [1.54, 1.807) is 7.11 Å². The predicted molar refractivity (Wildman–Crippen MR) is 88.2 cm³/mol. The molecule has 0 bridgehead atoms. The van der Waals surface area contributed by atoms with Gasteiger partial charge in [0.05, 0.1) is 7.11 Å². The van der Waals surface area contributed by atoms with E-state index in [9.17, 15) is 0 Å². The Bertz CT molecular complexity index is 621. The lowest BCUT2D eigenvalue weighted by molar-refractivity contribution is 0.408. The molecule has 1 aliphatic rings. The zero-order valence-electron chi connectivity index (χ0n) is 12.9. The van der Waals surface area contributed by atoms with E-state index in [0.717, 1.165) is 18.6 Å². The Kier molecular flexibility index (Phi) is 4.14. The van der Waals surface area contributed by atoms with Crippen molar-refractivity contribution >= 4 is 5.69 Å². The number of methoxy groups -OCH3 is 1. The number of para-hydroxylation sites is 1. The van der Waals surface area contributed by atoms with Gasteiger partial charge in [-0.25, -0.2) is 0 Å². The Morgan fingerprint density at radius 3 is 2.90 bits per heavy atom. The summed E-state index contributed by atoms with van der Waals surface area (Å²) in [6.07, 6.45) is 4.60. The molecule has 110 valence electrons. The normalized spacial score (nSPS) is 17.0. The summed E-state index contributed by atoms with van der Waals surface area (Å²) in [5.41, 5.74) is 5.37. The van der Waals surface area contributed by atoms with Gasteiger partial charge in [-0.3, -0.25) is 0 Å². The van der Waals surface area contributed by atoms with Crippen LogP contribution in [0.2, 0.25) is 0 Å². The molecule has 1 N–H and O–H groups in total. The zero-order chi connectivity index (χ0) is 14.7. The van der Waals surface area contributed by atoms with Crippen molar-refractivity contribution in [2.24, 2.45) is 0 Å². The summed E-state index contributed by atoms with van der Waals surface area (Å²) < 4.78 is 5.48. The lowest BCUT2D eigenvalue weighted by atomic mass is 9.93. The van der Waals surface area contributed by atoms with Gasteiger partial charge in [-0.1, -0.05) is 35.9 Å². The average molecular weight is 281 g/mol. The second kappa shape index (κ2) is 6.21. The van der Waals surface area contributed by atoms with Gasteiger partial charge in [0.2, 0.25) is 0 Å². The van der Waals surface area contributed by atoms with Gasteiger partial charge in [-0.05, 0) is 55.9 Å². The molecule has 1 atom stereocenters. The maximum absolute atomic E-state index is 5.48. The first-order chi connectivity index (χ1) is 10.3. The summed E-state index contributed by atoms with van der Waals surface area (Å²) >= 11 is 0. The quantitative estimate of drug-likeness (QED) is 0.899. The number of nitrogens with one attached hydrogen (secondary N) is 1. The van der Waals surface area contributed by atoms with Crippen LogP contribution in [0.4, 0.5) is 5.69 Å². The molecule has 0 saturated heterocycles. The third kappa shape index (κ3) is 3.21. The van der Waals surface area contributed by atoms with Crippen LogP contribution in [0.25, 0.3) is 0 Å². The van der Waals surface area contributed by atoms with E-state index in [1.165, 1.54) is 35.2 Å². The van der Waals surface area contributed by atoms with Crippen molar-refractivity contribution in [3.05, 3.63) is 59.2 Å². The maximum Gasteiger partial charge on any atom is 0.122 e. The highest BCUT2D eigenvalue weighted by Crippen LogP contribution is 2.28. The van der Waals surface area contributed by atoms with Gasteiger partial charge in [-0.2, -0.15) is 0 Å². The van der Waals surface area contributed by atoms with Crippen LogP contribution in [-0.2, 0) is 12.8 Å². The van der Waals surface area contributed by atoms with E-state index in [1.807, 2.05) is 0 Å². The topological polar surface area (TPSA) is 21.3 Å². The lowest BCUT2D eigenvalue weighted by Crippen LogP contribution is -2.25. The molecule has 2 heteroatoms. The highest BCUT2D eigenvalue weighted by molar-refractivity contribution is 5.53. The first-order valence-corrected chi connectivity index (χ1v) is 7.74. The molecular formula is C19H23NO. The van der Waals surface area contributed by atoms with Gasteiger partial charge < -0.3 is 10.1 Å². The average Bonchev–Trinajstić information content (AvgIpc) is 2.53. The smallest absolute Gasteiger partial charge is 0.122 e. The van der Waals surface area contributed by atoms with Crippen LogP contribution >= 0.6 is 0 Å². The third-order valence-corrected chi connectivity index (χ3v) is 4.34. The van der Waals surface area contributed by atoms with E-state index in [-0.39, 0.29) is 0 Å². The number of ether oxygens (including phenoxy) is 1. The molecule has 21 heavy (non-hydrogen) atoms. The number of benzene rings is 2. The molecule has 1 aliphatic heterocycles. The molecule has 0 aromatic heterocycles. The number of anilines is 1. The molecule has 0 radical (unpaired) electrons. The van der Waals surface area contributed by atoms with Crippen LogP contribution in [0.3, 0.4) is 0 Å². The Hall–Kier alpha value is -1.96. The number of hydrogen-bond donors (Lipinski definition) is 1. The number of fused-ring (bicyclic) bond motifs is 1. The Labute approximate surface area is 127 Å². The molecule has 2 aromatic rings. The van der Waals surface area contributed by atoms with Crippen molar-refractivity contribution in [1.82, 2.24) is 0 Å². The summed E-state index contributed by atoms with van der Waals surface area (Å²) in [6.45, 7) is 2.14. The van der Waals surface area contributed by atoms with Crippen molar-refractivity contribution < 1.29 is 4.74 Å². The van der Waals surface area contributed by atoms with Gasteiger partial charge in [0.15, 0.2) is 0 Å². The highest BCUT2D eigenvalue weighted by Gasteiger charge is 2.17. The zero-order valence-corrected chi connectivity index (χ0v) is 12.9. The third-order valence-electron chi connectivity index (χ3n) is 4.34. The molecule has 3 rings (SSSR count). The largest absolute Gasteiger partial charge is 0.496 e. The van der Waals surface area contributed by atoms with Crippen LogP contribution < -0.4 is 10.1 Å². The fraction of sp³-hybridized carbons (Fsp3) is 0.368. The van der Waals surface area contributed by atoms with Crippen LogP contribution in [0, 0.1) is 6.92 Å². The van der Waals surface area contributed by atoms with Gasteiger partial charge in [0, 0.05) is 11.7 Å². The van der Waals surface area contributed by atoms with Crippen molar-refractivity contribution in [2.45, 2.75) is 38.6 Å². The summed E-state index contributed by atoms with van der Waals surface area (Å²) in [5, 5.41) is 3.68. The fourth-order valence-electron chi connectivity index (χ4n) is 3.15. The Morgan fingerprint density at radius 1 is 1.19 bits per heavy atom. The van der Waals surface area contributed by atoms with Crippen LogP contribution in [0.5, 0.6) is 5.75 Å². The van der Waals surface area contributed by atoms with Crippen LogP contribution in [0.1, 0.15) is 29.5 Å². The second-order valence-corrected chi connectivity index (χ2v) is 5.89. The molecule has 0 saturated carbocycles. The van der Waals surface area contributed by atoms with Gasteiger partial charge in [0.25, 0.3) is 0 Å². The first-order valence-electron chi connectivity index (χ1n) is 7.74. The molecule has 2 aromatic carbocycles. The van der Waals surface area contributed by atoms with Crippen molar-refractivity contribution in [2.75, 3.05) is 12.4 Å². The standard InChI is InChI=1S/C19H23NO/c1-14-7-12-19(21-2)16(13-14)9-11-17-10-8-15-5-3-4-6-18(15)20-17/h3-7,12-13,17,20H,8-11H2,1-2H3. The van der Waals surface area contributed by atoms with Crippen LogP contribution in [-0.4, -0.2) is 13.2 Å². The maximum atomic E-state index is 5.48. The van der Waals surface area contributed by atoms with Crippen molar-refractivity contribution in [3.8, 4) is 5.75 Å². The van der Waals surface area contributed by atoms with Crippen LogP contribution in [0.15, 0.2) is 42.5 Å². The molecule has 1 unspecified atom stereocenters. The molecule has 1 heterocycles. The second-order valence-electron chi connectivity index (χ2n) is 5.89. The summed E-state index contributed by atoms with van der Waals surface area (Å²) in [6, 6.07) is 15.6. The summed E-state index contributed by atoms with van der Waals surface area (Å²) in [5.74, 6) is 1.01. The number of aryl methyl sites for hydroxylation is 3. The fourth-order valence-corrected chi connectivity index (χ4v) is 3.15. The van der Waals surface area contributed by atoms with E-state index in [0.29, 0.717) is 6.04 Å². The minimum atomic E-state index is 0.560. The molecule has 0 fully saturated rings. The molecule has 0 aliphatic carbocycles. The van der Waals surface area contributed by atoms with E-state index >= 15 is 0 Å². The predicted octanol–water partition coefficient (Wildman–Crippen LogP) is 4.36. The first kappa shape index (κ1) is 14.0. The summed E-state index contributed by atoms with van der Waals surface area (Å²) in [7, 11) is 1.75. The summed E-state index contributed by atoms with van der Waals surface area (Å²) in [4.78, 5) is 0. The molecule has 2 nitrogen and oxygen atoms in total. The minimum absolute atomic E-state index is 0.560. The Morgan fingerprint density at radius 2 is 2.05 bits per heavy atom. The van der Waals surface area contributed by atoms with Crippen molar-refractivity contribution in [3.63, 3.8) is 0 Å². The highest BCUT2D eigenvalue weighted by atomic mass is 16.5. The number of rotatable bonds is 4.